The van der Waals surface area contributed by atoms with Crippen LogP contribution in [0.15, 0.2) is 17.5 Å². The Bertz CT molecular complexity index is 481. The van der Waals surface area contributed by atoms with Gasteiger partial charge in [-0.25, -0.2) is 0 Å². The smallest absolute Gasteiger partial charge is 0.309 e. The highest BCUT2D eigenvalue weighted by Crippen LogP contribution is 2.34. The Hall–Kier alpha value is -1.36. The van der Waals surface area contributed by atoms with Crippen LogP contribution in [-0.2, 0) is 16.0 Å². The van der Waals surface area contributed by atoms with Gasteiger partial charge in [0.2, 0.25) is 5.91 Å². The fraction of sp³-hybridized carbons (Fsp3) is 0.600. The molecule has 5 heteroatoms. The highest BCUT2D eigenvalue weighted by molar-refractivity contribution is 7.10. The molecule has 1 aliphatic heterocycles. The molecule has 1 N–H and O–H groups in total. The minimum Gasteiger partial charge on any atom is -0.481 e. The maximum atomic E-state index is 12.3. The van der Waals surface area contributed by atoms with Gasteiger partial charge >= 0.3 is 5.97 Å². The summed E-state index contributed by atoms with van der Waals surface area (Å²) in [6.07, 6.45) is 2.19. The number of nitrogens with zero attached hydrogens (tertiary/aromatic N) is 1. The zero-order valence-corrected chi connectivity index (χ0v) is 12.8. The summed E-state index contributed by atoms with van der Waals surface area (Å²) in [5, 5.41) is 11.3. The van der Waals surface area contributed by atoms with E-state index in [0.717, 1.165) is 24.3 Å². The highest BCUT2D eigenvalue weighted by atomic mass is 32.1. The van der Waals surface area contributed by atoms with Crippen LogP contribution >= 0.6 is 11.3 Å². The predicted octanol–water partition coefficient (Wildman–Crippen LogP) is 2.64. The van der Waals surface area contributed by atoms with Crippen LogP contribution in [-0.4, -0.2) is 35.0 Å². The highest BCUT2D eigenvalue weighted by Gasteiger charge is 2.39. The lowest BCUT2D eigenvalue weighted by atomic mass is 9.74. The molecule has 0 saturated carbocycles. The first kappa shape index (κ1) is 15.0. The van der Waals surface area contributed by atoms with Gasteiger partial charge in [-0.1, -0.05) is 6.07 Å². The molecule has 1 saturated heterocycles. The summed E-state index contributed by atoms with van der Waals surface area (Å²) in [7, 11) is 0. The van der Waals surface area contributed by atoms with Crippen LogP contribution in [0.3, 0.4) is 0 Å². The molecule has 2 heterocycles. The number of amides is 1. The largest absolute Gasteiger partial charge is 0.481 e. The van der Waals surface area contributed by atoms with Crippen LogP contribution in [0.2, 0.25) is 0 Å². The van der Waals surface area contributed by atoms with Crippen LogP contribution in [0.5, 0.6) is 0 Å². The van der Waals surface area contributed by atoms with Crippen molar-refractivity contribution < 1.29 is 14.7 Å². The average molecular weight is 295 g/mol. The minimum atomic E-state index is -0.782. The number of piperidine rings is 1. The molecule has 1 amide bonds. The summed E-state index contributed by atoms with van der Waals surface area (Å²) < 4.78 is 0. The topological polar surface area (TPSA) is 57.6 Å². The number of carboxylic acid groups (broad SMARTS) is 1. The Balaban J connectivity index is 2.00. The first-order valence-corrected chi connectivity index (χ1v) is 7.83. The summed E-state index contributed by atoms with van der Waals surface area (Å²) in [4.78, 5) is 26.5. The third-order valence-electron chi connectivity index (χ3n) is 4.25. The number of hydrogen-bond donors (Lipinski definition) is 1. The lowest BCUT2D eigenvalue weighted by Crippen LogP contribution is -2.47. The molecule has 1 atom stereocenters. The lowest BCUT2D eigenvalue weighted by Gasteiger charge is -2.39. The van der Waals surface area contributed by atoms with Gasteiger partial charge in [-0.15, -0.1) is 11.3 Å². The Morgan fingerprint density at radius 2 is 2.25 bits per heavy atom. The molecule has 0 spiro atoms. The van der Waals surface area contributed by atoms with Gasteiger partial charge in [0, 0.05) is 18.0 Å². The second-order valence-electron chi connectivity index (χ2n) is 5.96. The Morgan fingerprint density at radius 1 is 1.50 bits per heavy atom. The van der Waals surface area contributed by atoms with Crippen molar-refractivity contribution >= 4 is 23.2 Å². The molecule has 1 unspecified atom stereocenters. The van der Waals surface area contributed by atoms with E-state index in [1.165, 1.54) is 0 Å². The molecule has 0 aliphatic carbocycles. The van der Waals surface area contributed by atoms with Crippen molar-refractivity contribution in [1.29, 1.82) is 0 Å². The first-order valence-electron chi connectivity index (χ1n) is 6.95. The zero-order chi connectivity index (χ0) is 14.8. The van der Waals surface area contributed by atoms with E-state index in [0.29, 0.717) is 13.0 Å². The van der Waals surface area contributed by atoms with E-state index in [1.807, 2.05) is 22.4 Å². The second-order valence-corrected chi connectivity index (χ2v) is 6.99. The number of hydrogen-bond acceptors (Lipinski definition) is 3. The summed E-state index contributed by atoms with van der Waals surface area (Å²) in [6.45, 7) is 4.82. The fourth-order valence-corrected chi connectivity index (χ4v) is 3.34. The van der Waals surface area contributed by atoms with Crippen LogP contribution in [0.25, 0.3) is 0 Å². The summed E-state index contributed by atoms with van der Waals surface area (Å²) in [6, 6.07) is 3.91. The molecule has 110 valence electrons. The van der Waals surface area contributed by atoms with E-state index in [2.05, 4.69) is 0 Å². The van der Waals surface area contributed by atoms with E-state index >= 15 is 0 Å². The third-order valence-corrected chi connectivity index (χ3v) is 5.13. The van der Waals surface area contributed by atoms with Crippen molar-refractivity contribution in [3.05, 3.63) is 22.4 Å². The second kappa shape index (κ2) is 5.95. The molecule has 0 radical (unpaired) electrons. The standard InChI is InChI=1S/C15H21NO3S/c1-15(2,14(18)19)11-5-3-7-16(10-11)13(17)9-12-6-4-8-20-12/h4,6,8,11H,3,5,7,9-10H2,1-2H3,(H,18,19). The molecule has 0 bridgehead atoms. The molecule has 1 aliphatic rings. The molecule has 20 heavy (non-hydrogen) atoms. The van der Waals surface area contributed by atoms with Gasteiger partial charge in [-0.3, -0.25) is 9.59 Å². The molecule has 1 aromatic heterocycles. The molecule has 1 fully saturated rings. The first-order chi connectivity index (χ1) is 9.41. The quantitative estimate of drug-likeness (QED) is 0.929. The maximum absolute atomic E-state index is 12.3. The van der Waals surface area contributed by atoms with Gasteiger partial charge in [0.15, 0.2) is 0 Å². The number of rotatable bonds is 4. The molecule has 1 aromatic rings. The van der Waals surface area contributed by atoms with Crippen molar-refractivity contribution in [3.63, 3.8) is 0 Å². The number of likely N-dealkylation sites (tertiary alicyclic amines) is 1. The number of carbonyl (C=O) groups excluding carboxylic acids is 1. The van der Waals surface area contributed by atoms with Crippen molar-refractivity contribution in [1.82, 2.24) is 4.90 Å². The Kier molecular flexibility index (Phi) is 4.48. The predicted molar refractivity (Wildman–Crippen MR) is 78.7 cm³/mol. The van der Waals surface area contributed by atoms with E-state index in [-0.39, 0.29) is 11.8 Å². The van der Waals surface area contributed by atoms with Gasteiger partial charge < -0.3 is 10.0 Å². The third kappa shape index (κ3) is 3.20. The van der Waals surface area contributed by atoms with Gasteiger partial charge in [-0.2, -0.15) is 0 Å². The summed E-state index contributed by atoms with van der Waals surface area (Å²) in [5.41, 5.74) is -0.776. The molecule has 4 nitrogen and oxygen atoms in total. The fourth-order valence-electron chi connectivity index (χ4n) is 2.64. The lowest BCUT2D eigenvalue weighted by molar-refractivity contribution is -0.153. The van der Waals surface area contributed by atoms with Gasteiger partial charge in [0.05, 0.1) is 11.8 Å². The van der Waals surface area contributed by atoms with Gasteiger partial charge in [0.25, 0.3) is 0 Å². The van der Waals surface area contributed by atoms with Crippen LogP contribution in [0.1, 0.15) is 31.6 Å². The molecule has 0 aromatic carbocycles. The SMILES string of the molecule is CC(C)(C(=O)O)C1CCCN(C(=O)Cc2cccs2)C1. The molecule has 2 rings (SSSR count). The monoisotopic (exact) mass is 295 g/mol. The maximum Gasteiger partial charge on any atom is 0.309 e. The number of aliphatic carboxylic acids is 1. The number of carbonyl (C=O) groups is 2. The van der Waals surface area contributed by atoms with Crippen LogP contribution in [0.4, 0.5) is 0 Å². The van der Waals surface area contributed by atoms with Crippen LogP contribution < -0.4 is 0 Å². The van der Waals surface area contributed by atoms with Crippen LogP contribution in [0, 0.1) is 11.3 Å². The van der Waals surface area contributed by atoms with Crippen molar-refractivity contribution in [2.45, 2.75) is 33.1 Å². The van der Waals surface area contributed by atoms with Crippen molar-refractivity contribution in [2.75, 3.05) is 13.1 Å². The Labute approximate surface area is 123 Å². The summed E-state index contributed by atoms with van der Waals surface area (Å²) in [5.74, 6) is -0.644. The van der Waals surface area contributed by atoms with E-state index in [4.69, 9.17) is 0 Å². The van der Waals surface area contributed by atoms with E-state index < -0.39 is 11.4 Å². The molecular formula is C15H21NO3S. The average Bonchev–Trinajstić information content (AvgIpc) is 2.91. The molecular weight excluding hydrogens is 274 g/mol. The van der Waals surface area contributed by atoms with Crippen molar-refractivity contribution in [3.8, 4) is 0 Å². The van der Waals surface area contributed by atoms with E-state index in [1.54, 1.807) is 25.2 Å². The van der Waals surface area contributed by atoms with Gasteiger partial charge in [0.1, 0.15) is 0 Å². The minimum absolute atomic E-state index is 0.0287. The van der Waals surface area contributed by atoms with Gasteiger partial charge in [-0.05, 0) is 44.1 Å². The van der Waals surface area contributed by atoms with Crippen molar-refractivity contribution in [2.24, 2.45) is 11.3 Å². The summed E-state index contributed by atoms with van der Waals surface area (Å²) >= 11 is 1.58. The normalized spacial score (nSPS) is 19.9. The van der Waals surface area contributed by atoms with E-state index in [9.17, 15) is 14.7 Å². The Morgan fingerprint density at radius 3 is 2.85 bits per heavy atom. The zero-order valence-electron chi connectivity index (χ0n) is 12.0. The number of carboxylic acids is 1. The number of thiophene rings is 1.